The summed E-state index contributed by atoms with van der Waals surface area (Å²) in [5, 5.41) is 0. The molecule has 0 bridgehead atoms. The fourth-order valence-corrected chi connectivity index (χ4v) is 4.02. The zero-order chi connectivity index (χ0) is 23.7. The molecule has 4 nitrogen and oxygen atoms in total. The first-order valence-corrected chi connectivity index (χ1v) is 11.2. The van der Waals surface area contributed by atoms with E-state index in [0.29, 0.717) is 11.3 Å². The first-order valence-electron chi connectivity index (χ1n) is 11.2. The fraction of sp³-hybridized carbons (Fsp3) is 0.429. The van der Waals surface area contributed by atoms with E-state index in [0.717, 1.165) is 12.0 Å². The van der Waals surface area contributed by atoms with E-state index >= 15 is 0 Å². The van der Waals surface area contributed by atoms with Crippen molar-refractivity contribution in [2.45, 2.75) is 77.7 Å². The molecule has 0 amide bonds. The van der Waals surface area contributed by atoms with Crippen LogP contribution in [0.2, 0.25) is 0 Å². The minimum Gasteiger partial charge on any atom is -0.456 e. The molecule has 0 fully saturated rings. The summed E-state index contributed by atoms with van der Waals surface area (Å²) in [5.74, 6) is -0.499. The van der Waals surface area contributed by atoms with Gasteiger partial charge in [0.2, 0.25) is 0 Å². The van der Waals surface area contributed by atoms with Crippen LogP contribution in [0, 0.1) is 0 Å². The molecule has 32 heavy (non-hydrogen) atoms. The Kier molecular flexibility index (Phi) is 6.37. The van der Waals surface area contributed by atoms with Crippen molar-refractivity contribution in [3.63, 3.8) is 0 Å². The molecule has 2 aromatic rings. The van der Waals surface area contributed by atoms with Gasteiger partial charge in [0.1, 0.15) is 11.4 Å². The second-order valence-electron chi connectivity index (χ2n) is 10.9. The Morgan fingerprint density at radius 3 is 2.06 bits per heavy atom. The molecule has 0 aromatic heterocycles. The van der Waals surface area contributed by atoms with Crippen molar-refractivity contribution in [3.8, 4) is 5.75 Å². The Bertz CT molecular complexity index is 1030. The predicted molar refractivity (Wildman–Crippen MR) is 128 cm³/mol. The Morgan fingerprint density at radius 2 is 1.47 bits per heavy atom. The molecule has 0 saturated carbocycles. The number of benzene rings is 2. The highest BCUT2D eigenvalue weighted by atomic mass is 16.6. The van der Waals surface area contributed by atoms with Gasteiger partial charge in [0.15, 0.2) is 0 Å². The quantitative estimate of drug-likeness (QED) is 0.309. The zero-order valence-corrected chi connectivity index (χ0v) is 20.2. The number of carbonyl (C=O) groups excluding carboxylic acids is 2. The van der Waals surface area contributed by atoms with Crippen LogP contribution >= 0.6 is 0 Å². The first-order chi connectivity index (χ1) is 14.8. The highest BCUT2D eigenvalue weighted by Crippen LogP contribution is 2.45. The molecule has 170 valence electrons. The highest BCUT2D eigenvalue weighted by Gasteiger charge is 2.36. The predicted octanol–water partition coefficient (Wildman–Crippen LogP) is 6.61. The minimum atomic E-state index is -0.561. The summed E-state index contributed by atoms with van der Waals surface area (Å²) < 4.78 is 10.7. The van der Waals surface area contributed by atoms with Crippen LogP contribution in [0.1, 0.15) is 88.4 Å². The van der Waals surface area contributed by atoms with Crippen molar-refractivity contribution < 1.29 is 19.1 Å². The lowest BCUT2D eigenvalue weighted by Crippen LogP contribution is -2.33. The maximum absolute atomic E-state index is 12.3. The Balaban J connectivity index is 1.68. The Hall–Kier alpha value is -2.88. The molecule has 1 aliphatic carbocycles. The average Bonchev–Trinajstić information content (AvgIpc) is 2.69. The van der Waals surface area contributed by atoms with Crippen LogP contribution in [0.25, 0.3) is 6.08 Å². The van der Waals surface area contributed by atoms with Crippen molar-refractivity contribution in [1.82, 2.24) is 0 Å². The molecule has 0 N–H and O–H groups in total. The summed E-state index contributed by atoms with van der Waals surface area (Å²) in [5.41, 5.74) is 3.85. The van der Waals surface area contributed by atoms with Crippen molar-refractivity contribution in [2.75, 3.05) is 0 Å². The molecule has 1 aliphatic rings. The highest BCUT2D eigenvalue weighted by molar-refractivity contribution is 5.91. The largest absolute Gasteiger partial charge is 0.456 e. The van der Waals surface area contributed by atoms with Gasteiger partial charge in [0, 0.05) is 6.08 Å². The number of carbonyl (C=O) groups is 2. The number of rotatable bonds is 4. The van der Waals surface area contributed by atoms with Gasteiger partial charge in [-0.05, 0) is 91.5 Å². The molecule has 0 atom stereocenters. The van der Waals surface area contributed by atoms with Crippen LogP contribution in [-0.2, 0) is 20.4 Å². The second kappa shape index (κ2) is 8.57. The van der Waals surface area contributed by atoms with E-state index in [1.807, 2.05) is 20.8 Å². The molecule has 0 spiro atoms. The molecule has 0 heterocycles. The molecular weight excluding hydrogens is 400 g/mol. The second-order valence-corrected chi connectivity index (χ2v) is 10.9. The van der Waals surface area contributed by atoms with E-state index in [9.17, 15) is 9.59 Å². The molecule has 0 saturated heterocycles. The van der Waals surface area contributed by atoms with E-state index in [1.165, 1.54) is 23.6 Å². The lowest BCUT2D eigenvalue weighted by Gasteiger charge is -2.42. The van der Waals surface area contributed by atoms with Crippen molar-refractivity contribution in [2.24, 2.45) is 0 Å². The standard InChI is InChI=1S/C28H34O4/c1-26(2,3)32-25(30)20-10-12-21(13-11-20)31-24(29)15-9-19-8-14-22-23(18-19)28(6,7)17-16-27(22,4)5/h8-15,18H,16-17H2,1-7H3. The summed E-state index contributed by atoms with van der Waals surface area (Å²) >= 11 is 0. The van der Waals surface area contributed by atoms with Crippen molar-refractivity contribution in [1.29, 1.82) is 0 Å². The summed E-state index contributed by atoms with van der Waals surface area (Å²) in [6.45, 7) is 14.6. The molecule has 0 aliphatic heterocycles. The maximum atomic E-state index is 12.3. The van der Waals surface area contributed by atoms with Gasteiger partial charge in [0.05, 0.1) is 5.56 Å². The Morgan fingerprint density at radius 1 is 0.875 bits per heavy atom. The summed E-state index contributed by atoms with van der Waals surface area (Å²) in [4.78, 5) is 24.4. The molecule has 0 unspecified atom stereocenters. The number of hydrogen-bond donors (Lipinski definition) is 0. The first kappa shape index (κ1) is 23.8. The van der Waals surface area contributed by atoms with E-state index in [4.69, 9.17) is 9.47 Å². The van der Waals surface area contributed by atoms with E-state index < -0.39 is 17.5 Å². The third kappa shape index (κ3) is 5.67. The third-order valence-corrected chi connectivity index (χ3v) is 6.00. The van der Waals surface area contributed by atoms with Crippen LogP contribution < -0.4 is 4.74 Å². The van der Waals surface area contributed by atoms with Gasteiger partial charge in [-0.3, -0.25) is 0 Å². The van der Waals surface area contributed by atoms with Crippen LogP contribution in [0.4, 0.5) is 0 Å². The van der Waals surface area contributed by atoms with Gasteiger partial charge < -0.3 is 9.47 Å². The molecular formula is C28H34O4. The number of hydrogen-bond acceptors (Lipinski definition) is 4. The van der Waals surface area contributed by atoms with Gasteiger partial charge in [-0.1, -0.05) is 45.9 Å². The smallest absolute Gasteiger partial charge is 0.338 e. The maximum Gasteiger partial charge on any atom is 0.338 e. The van der Waals surface area contributed by atoms with Crippen LogP contribution in [0.5, 0.6) is 5.75 Å². The molecule has 4 heteroatoms. The average molecular weight is 435 g/mol. The van der Waals surface area contributed by atoms with Crippen molar-refractivity contribution >= 4 is 18.0 Å². The van der Waals surface area contributed by atoms with Crippen LogP contribution in [0.3, 0.4) is 0 Å². The van der Waals surface area contributed by atoms with Gasteiger partial charge in [0.25, 0.3) is 0 Å². The SMILES string of the molecule is CC(C)(C)OC(=O)c1ccc(OC(=O)C=Cc2ccc3c(c2)C(C)(C)CCC3(C)C)cc1. The number of esters is 2. The topological polar surface area (TPSA) is 52.6 Å². The van der Waals surface area contributed by atoms with Gasteiger partial charge in [-0.2, -0.15) is 0 Å². The van der Waals surface area contributed by atoms with Gasteiger partial charge in [-0.15, -0.1) is 0 Å². The van der Waals surface area contributed by atoms with Crippen LogP contribution in [0.15, 0.2) is 48.5 Å². The van der Waals surface area contributed by atoms with Gasteiger partial charge >= 0.3 is 11.9 Å². The number of fused-ring (bicyclic) bond motifs is 1. The monoisotopic (exact) mass is 434 g/mol. The van der Waals surface area contributed by atoms with E-state index in [2.05, 4.69) is 45.9 Å². The summed E-state index contributed by atoms with van der Waals surface area (Å²) in [6.07, 6.45) is 5.53. The van der Waals surface area contributed by atoms with Crippen molar-refractivity contribution in [3.05, 3.63) is 70.8 Å². The van der Waals surface area contributed by atoms with Gasteiger partial charge in [-0.25, -0.2) is 9.59 Å². The molecule has 0 radical (unpaired) electrons. The molecule has 3 rings (SSSR count). The minimum absolute atomic E-state index is 0.116. The summed E-state index contributed by atoms with van der Waals surface area (Å²) in [7, 11) is 0. The zero-order valence-electron chi connectivity index (χ0n) is 20.2. The van der Waals surface area contributed by atoms with E-state index in [-0.39, 0.29) is 10.8 Å². The lowest BCUT2D eigenvalue weighted by atomic mass is 9.63. The lowest BCUT2D eigenvalue weighted by molar-refractivity contribution is -0.128. The van der Waals surface area contributed by atoms with Crippen LogP contribution in [-0.4, -0.2) is 17.5 Å². The normalized spacial score (nSPS) is 17.0. The number of ether oxygens (including phenoxy) is 2. The third-order valence-electron chi connectivity index (χ3n) is 6.00. The summed E-state index contributed by atoms with van der Waals surface area (Å²) in [6, 6.07) is 12.8. The molecule has 2 aromatic carbocycles. The van der Waals surface area contributed by atoms with E-state index in [1.54, 1.807) is 30.3 Å². The Labute approximate surface area is 191 Å². The fourth-order valence-electron chi connectivity index (χ4n) is 4.02.